The minimum absolute atomic E-state index is 1.05. The molecule has 0 aromatic heterocycles. The maximum Gasteiger partial charge on any atom is 0.0225 e. The van der Waals surface area contributed by atoms with Crippen LogP contribution in [0.25, 0.3) is 0 Å². The first-order valence-corrected chi connectivity index (χ1v) is 4.24. The molecule has 0 heterocycles. The molecule has 10 heavy (non-hydrogen) atoms. The zero-order chi connectivity index (χ0) is 7.40. The van der Waals surface area contributed by atoms with Crippen molar-refractivity contribution in [3.05, 3.63) is 35.4 Å². The van der Waals surface area contributed by atoms with Gasteiger partial charge in [-0.25, -0.2) is 0 Å². The lowest BCUT2D eigenvalue weighted by Gasteiger charge is -2.01. The summed E-state index contributed by atoms with van der Waals surface area (Å²) in [4.78, 5) is 0. The van der Waals surface area contributed by atoms with Crippen LogP contribution in [0, 0.1) is 6.92 Å². The summed E-state index contributed by atoms with van der Waals surface area (Å²) in [6.07, 6.45) is 1.13. The molecule has 51 valence electrons. The summed E-state index contributed by atoms with van der Waals surface area (Å²) in [6, 6.07) is 9.54. The SMILES string of the molecule is Cc1ccccc1CC[Si]. The second-order valence-corrected chi connectivity index (χ2v) is 2.93. The third-order valence-corrected chi connectivity index (χ3v) is 1.91. The molecule has 0 spiro atoms. The predicted octanol–water partition coefficient (Wildman–Crippen LogP) is 2.12. The van der Waals surface area contributed by atoms with Gasteiger partial charge in [0.1, 0.15) is 0 Å². The van der Waals surface area contributed by atoms with Gasteiger partial charge in [0.25, 0.3) is 0 Å². The monoisotopic (exact) mass is 147 g/mol. The minimum Gasteiger partial charge on any atom is -0.0620 e. The van der Waals surface area contributed by atoms with Crippen LogP contribution < -0.4 is 0 Å². The van der Waals surface area contributed by atoms with Crippen molar-refractivity contribution in [2.24, 2.45) is 0 Å². The fraction of sp³-hybridized carbons (Fsp3) is 0.333. The number of aryl methyl sites for hydroxylation is 2. The van der Waals surface area contributed by atoms with Crippen molar-refractivity contribution < 1.29 is 0 Å². The summed E-state index contributed by atoms with van der Waals surface area (Å²) in [5, 5.41) is 0. The van der Waals surface area contributed by atoms with Gasteiger partial charge in [-0.3, -0.25) is 0 Å². The molecule has 0 fully saturated rings. The van der Waals surface area contributed by atoms with Crippen molar-refractivity contribution in [1.29, 1.82) is 0 Å². The van der Waals surface area contributed by atoms with Crippen LogP contribution in [-0.2, 0) is 6.42 Å². The van der Waals surface area contributed by atoms with Gasteiger partial charge in [0, 0.05) is 10.2 Å². The van der Waals surface area contributed by atoms with Crippen molar-refractivity contribution in [2.45, 2.75) is 19.4 Å². The van der Waals surface area contributed by atoms with E-state index in [4.69, 9.17) is 0 Å². The molecule has 1 aromatic carbocycles. The van der Waals surface area contributed by atoms with Gasteiger partial charge < -0.3 is 0 Å². The van der Waals surface area contributed by atoms with Crippen LogP contribution >= 0.6 is 0 Å². The van der Waals surface area contributed by atoms with Crippen LogP contribution in [0.1, 0.15) is 11.1 Å². The van der Waals surface area contributed by atoms with Crippen molar-refractivity contribution in [1.82, 2.24) is 0 Å². The van der Waals surface area contributed by atoms with E-state index in [-0.39, 0.29) is 0 Å². The summed E-state index contributed by atoms with van der Waals surface area (Å²) in [5.74, 6) is 0. The van der Waals surface area contributed by atoms with Gasteiger partial charge in [0.05, 0.1) is 0 Å². The lowest BCUT2D eigenvalue weighted by atomic mass is 10.1. The minimum atomic E-state index is 1.05. The van der Waals surface area contributed by atoms with Crippen LogP contribution in [0.15, 0.2) is 24.3 Å². The molecule has 0 unspecified atom stereocenters. The van der Waals surface area contributed by atoms with Crippen molar-refractivity contribution >= 4 is 10.2 Å². The number of rotatable bonds is 2. The Bertz CT molecular complexity index is 206. The Morgan fingerprint density at radius 2 is 2.00 bits per heavy atom. The molecule has 0 aliphatic carbocycles. The van der Waals surface area contributed by atoms with E-state index in [1.54, 1.807) is 0 Å². The summed E-state index contributed by atoms with van der Waals surface area (Å²) in [7, 11) is 3.46. The highest BCUT2D eigenvalue weighted by atomic mass is 28.1. The molecule has 1 rings (SSSR count). The molecule has 0 aliphatic rings. The molecular formula is C9H11Si. The summed E-state index contributed by atoms with van der Waals surface area (Å²) in [5.41, 5.74) is 2.83. The van der Waals surface area contributed by atoms with E-state index in [2.05, 4.69) is 41.4 Å². The summed E-state index contributed by atoms with van der Waals surface area (Å²) in [6.45, 7) is 2.15. The second-order valence-electron chi connectivity index (χ2n) is 2.43. The average molecular weight is 147 g/mol. The average Bonchev–Trinajstić information content (AvgIpc) is 1.94. The highest BCUT2D eigenvalue weighted by molar-refractivity contribution is 6.08. The van der Waals surface area contributed by atoms with E-state index in [1.807, 2.05) is 0 Å². The third-order valence-electron chi connectivity index (χ3n) is 1.66. The molecule has 0 bridgehead atoms. The molecule has 1 heteroatoms. The van der Waals surface area contributed by atoms with E-state index in [1.165, 1.54) is 11.1 Å². The quantitative estimate of drug-likeness (QED) is 0.562. The van der Waals surface area contributed by atoms with Crippen LogP contribution in [-0.4, -0.2) is 10.2 Å². The topological polar surface area (TPSA) is 0 Å². The zero-order valence-corrected chi connectivity index (χ0v) is 7.22. The van der Waals surface area contributed by atoms with E-state index < -0.39 is 0 Å². The Labute approximate surface area is 65.7 Å². The van der Waals surface area contributed by atoms with Gasteiger partial charge in [-0.15, -0.1) is 0 Å². The maximum absolute atomic E-state index is 3.46. The Kier molecular flexibility index (Phi) is 2.69. The Hall–Kier alpha value is -0.563. The molecule has 0 saturated heterocycles. The van der Waals surface area contributed by atoms with Crippen LogP contribution in [0.4, 0.5) is 0 Å². The van der Waals surface area contributed by atoms with Crippen molar-refractivity contribution in [3.63, 3.8) is 0 Å². The van der Waals surface area contributed by atoms with Gasteiger partial charge in [-0.1, -0.05) is 30.3 Å². The normalized spacial score (nSPS) is 9.80. The molecule has 3 radical (unpaired) electrons. The van der Waals surface area contributed by atoms with E-state index in [0.29, 0.717) is 0 Å². The second kappa shape index (κ2) is 3.57. The number of hydrogen-bond acceptors (Lipinski definition) is 0. The van der Waals surface area contributed by atoms with E-state index in [9.17, 15) is 0 Å². The van der Waals surface area contributed by atoms with Gasteiger partial charge >= 0.3 is 0 Å². The molecule has 0 atom stereocenters. The number of benzene rings is 1. The largest absolute Gasteiger partial charge is 0.0620 e. The van der Waals surface area contributed by atoms with Crippen molar-refractivity contribution in [2.75, 3.05) is 0 Å². The highest BCUT2D eigenvalue weighted by Crippen LogP contribution is 2.08. The number of hydrogen-bond donors (Lipinski definition) is 0. The van der Waals surface area contributed by atoms with Crippen LogP contribution in [0.3, 0.4) is 0 Å². The smallest absolute Gasteiger partial charge is 0.0225 e. The summed E-state index contributed by atoms with van der Waals surface area (Å²) < 4.78 is 0. The molecule has 0 nitrogen and oxygen atoms in total. The third kappa shape index (κ3) is 1.71. The lowest BCUT2D eigenvalue weighted by molar-refractivity contribution is 1.10. The standard InChI is InChI=1S/C9H11Si/c1-8-4-2-3-5-9(8)6-7-10/h2-5H,6-7H2,1H3. The van der Waals surface area contributed by atoms with Gasteiger partial charge in [0.15, 0.2) is 0 Å². The van der Waals surface area contributed by atoms with Crippen LogP contribution in [0.5, 0.6) is 0 Å². The summed E-state index contributed by atoms with van der Waals surface area (Å²) >= 11 is 0. The fourth-order valence-electron chi connectivity index (χ4n) is 1.03. The maximum atomic E-state index is 3.46. The molecule has 0 N–H and O–H groups in total. The van der Waals surface area contributed by atoms with Gasteiger partial charge in [0.2, 0.25) is 0 Å². The Balaban J connectivity index is 2.81. The van der Waals surface area contributed by atoms with Gasteiger partial charge in [-0.05, 0) is 24.5 Å². The van der Waals surface area contributed by atoms with Crippen LogP contribution in [0.2, 0.25) is 6.04 Å². The molecule has 0 aliphatic heterocycles. The zero-order valence-electron chi connectivity index (χ0n) is 6.22. The molecule has 0 amide bonds. The Morgan fingerprint density at radius 3 is 2.60 bits per heavy atom. The first-order valence-electron chi connectivity index (χ1n) is 3.53. The molecular weight excluding hydrogens is 136 g/mol. The Morgan fingerprint density at radius 1 is 1.30 bits per heavy atom. The lowest BCUT2D eigenvalue weighted by Crippen LogP contribution is -1.86. The predicted molar refractivity (Wildman–Crippen MR) is 45.4 cm³/mol. The highest BCUT2D eigenvalue weighted by Gasteiger charge is 1.92. The van der Waals surface area contributed by atoms with E-state index in [0.717, 1.165) is 12.5 Å². The molecule has 1 aromatic rings. The van der Waals surface area contributed by atoms with Crippen molar-refractivity contribution in [3.8, 4) is 0 Å². The van der Waals surface area contributed by atoms with Gasteiger partial charge in [-0.2, -0.15) is 0 Å². The fourth-order valence-corrected chi connectivity index (χ4v) is 1.29. The first-order chi connectivity index (χ1) is 4.84. The molecule has 0 saturated carbocycles. The first kappa shape index (κ1) is 7.54. The van der Waals surface area contributed by atoms with E-state index >= 15 is 0 Å².